The molecule has 0 spiro atoms. The molecule has 156 valence electrons. The highest BCUT2D eigenvalue weighted by atomic mass is 32.1. The predicted molar refractivity (Wildman–Crippen MR) is 122 cm³/mol. The van der Waals surface area contributed by atoms with Crippen LogP contribution in [0.5, 0.6) is 5.75 Å². The summed E-state index contributed by atoms with van der Waals surface area (Å²) >= 11 is 1.86. The van der Waals surface area contributed by atoms with Crippen molar-refractivity contribution in [3.63, 3.8) is 0 Å². The van der Waals surface area contributed by atoms with Gasteiger partial charge in [0.25, 0.3) is 0 Å². The van der Waals surface area contributed by atoms with Crippen molar-refractivity contribution in [2.45, 2.75) is 57.5 Å². The standard InChI is InChI=1S/C25H29N3OS/c1-29-23-10-6-5-9-21(23)24-12-11-20(30-24)17-28-14-13-22-19(16-28)15-26-25(27-22)18-7-3-2-4-8-18/h5-6,9-12,15,18H,2-4,7-8,13-14,16-17H2,1H3. The van der Waals surface area contributed by atoms with E-state index in [2.05, 4.69) is 35.4 Å². The van der Waals surface area contributed by atoms with E-state index in [9.17, 15) is 0 Å². The average Bonchev–Trinajstić information content (AvgIpc) is 3.27. The third-order valence-electron chi connectivity index (χ3n) is 6.42. The fourth-order valence-electron chi connectivity index (χ4n) is 4.76. The van der Waals surface area contributed by atoms with Crippen LogP contribution in [0.4, 0.5) is 0 Å². The van der Waals surface area contributed by atoms with Crippen molar-refractivity contribution in [1.29, 1.82) is 0 Å². The van der Waals surface area contributed by atoms with Crippen LogP contribution in [0, 0.1) is 0 Å². The van der Waals surface area contributed by atoms with Gasteiger partial charge < -0.3 is 4.74 Å². The molecule has 30 heavy (non-hydrogen) atoms. The largest absolute Gasteiger partial charge is 0.496 e. The minimum Gasteiger partial charge on any atom is -0.496 e. The minimum absolute atomic E-state index is 0.585. The van der Waals surface area contributed by atoms with Gasteiger partial charge in [0.15, 0.2) is 0 Å². The minimum atomic E-state index is 0.585. The normalized spacial score (nSPS) is 17.6. The second-order valence-electron chi connectivity index (χ2n) is 8.46. The van der Waals surface area contributed by atoms with Gasteiger partial charge in [0.1, 0.15) is 11.6 Å². The Kier molecular flexibility index (Phi) is 5.82. The summed E-state index contributed by atoms with van der Waals surface area (Å²) in [7, 11) is 1.74. The maximum absolute atomic E-state index is 5.53. The maximum Gasteiger partial charge on any atom is 0.131 e. The molecule has 1 aliphatic heterocycles. The molecule has 1 aromatic carbocycles. The molecule has 0 radical (unpaired) electrons. The summed E-state index contributed by atoms with van der Waals surface area (Å²) in [4.78, 5) is 14.9. The Morgan fingerprint density at radius 3 is 2.83 bits per heavy atom. The number of aromatic nitrogens is 2. The first-order valence-corrected chi connectivity index (χ1v) is 11.9. The van der Waals surface area contributed by atoms with Gasteiger partial charge >= 0.3 is 0 Å². The third kappa shape index (κ3) is 4.14. The van der Waals surface area contributed by atoms with Crippen LogP contribution >= 0.6 is 11.3 Å². The molecule has 1 aliphatic carbocycles. The van der Waals surface area contributed by atoms with Gasteiger partial charge in [-0.25, -0.2) is 9.97 Å². The van der Waals surface area contributed by atoms with Crippen LogP contribution in [0.25, 0.3) is 10.4 Å². The molecule has 0 bridgehead atoms. The second-order valence-corrected chi connectivity index (χ2v) is 9.63. The molecular formula is C25H29N3OS. The monoisotopic (exact) mass is 419 g/mol. The zero-order valence-electron chi connectivity index (χ0n) is 17.6. The van der Waals surface area contributed by atoms with Crippen LogP contribution in [0.2, 0.25) is 0 Å². The first-order valence-electron chi connectivity index (χ1n) is 11.1. The van der Waals surface area contributed by atoms with E-state index < -0.39 is 0 Å². The molecule has 2 aliphatic rings. The fraction of sp³-hybridized carbons (Fsp3) is 0.440. The molecule has 0 amide bonds. The molecule has 0 saturated heterocycles. The lowest BCUT2D eigenvalue weighted by molar-refractivity contribution is 0.244. The summed E-state index contributed by atoms with van der Waals surface area (Å²) in [5, 5.41) is 0. The molecule has 5 heteroatoms. The zero-order valence-corrected chi connectivity index (χ0v) is 18.5. The molecule has 4 nitrogen and oxygen atoms in total. The Bertz CT molecular complexity index is 1010. The number of hydrogen-bond acceptors (Lipinski definition) is 5. The van der Waals surface area contributed by atoms with Crippen molar-refractivity contribution < 1.29 is 4.74 Å². The molecule has 0 N–H and O–H groups in total. The van der Waals surface area contributed by atoms with Gasteiger partial charge in [-0.3, -0.25) is 4.90 Å². The SMILES string of the molecule is COc1ccccc1-c1ccc(CN2CCc3nc(C4CCCCC4)ncc3C2)s1. The number of hydrogen-bond donors (Lipinski definition) is 0. The highest BCUT2D eigenvalue weighted by molar-refractivity contribution is 7.15. The number of benzene rings is 1. The number of thiophene rings is 1. The van der Waals surface area contributed by atoms with Gasteiger partial charge in [-0.1, -0.05) is 31.4 Å². The second kappa shape index (κ2) is 8.86. The van der Waals surface area contributed by atoms with Gasteiger partial charge in [-0.05, 0) is 37.1 Å². The summed E-state index contributed by atoms with van der Waals surface area (Å²) in [5.74, 6) is 2.62. The zero-order chi connectivity index (χ0) is 20.3. The predicted octanol–water partition coefficient (Wildman–Crippen LogP) is 5.82. The van der Waals surface area contributed by atoms with E-state index in [-0.39, 0.29) is 0 Å². The number of nitrogens with zero attached hydrogens (tertiary/aromatic N) is 3. The Morgan fingerprint density at radius 1 is 1.10 bits per heavy atom. The third-order valence-corrected chi connectivity index (χ3v) is 7.52. The van der Waals surface area contributed by atoms with Crippen molar-refractivity contribution in [3.05, 3.63) is 64.6 Å². The molecule has 0 unspecified atom stereocenters. The van der Waals surface area contributed by atoms with E-state index >= 15 is 0 Å². The quantitative estimate of drug-likeness (QED) is 0.522. The maximum atomic E-state index is 5.53. The van der Waals surface area contributed by atoms with E-state index in [1.807, 2.05) is 23.5 Å². The van der Waals surface area contributed by atoms with E-state index in [0.29, 0.717) is 5.92 Å². The molecule has 3 aromatic rings. The summed E-state index contributed by atoms with van der Waals surface area (Å²) in [5.41, 5.74) is 3.76. The van der Waals surface area contributed by atoms with Crippen molar-refractivity contribution in [2.75, 3.05) is 13.7 Å². The molecular weight excluding hydrogens is 390 g/mol. The molecule has 5 rings (SSSR count). The molecule has 3 heterocycles. The summed E-state index contributed by atoms with van der Waals surface area (Å²) in [6.45, 7) is 2.99. The summed E-state index contributed by atoms with van der Waals surface area (Å²) < 4.78 is 5.53. The first-order chi connectivity index (χ1) is 14.8. The highest BCUT2D eigenvalue weighted by Gasteiger charge is 2.23. The Balaban J connectivity index is 1.26. The van der Waals surface area contributed by atoms with Crippen LogP contribution in [-0.4, -0.2) is 28.5 Å². The summed E-state index contributed by atoms with van der Waals surface area (Å²) in [6, 6.07) is 12.7. The smallest absolute Gasteiger partial charge is 0.131 e. The van der Waals surface area contributed by atoms with Gasteiger partial charge in [0.05, 0.1) is 7.11 Å². The van der Waals surface area contributed by atoms with Gasteiger partial charge in [-0.15, -0.1) is 11.3 Å². The Labute approximate surface area is 183 Å². The number of fused-ring (bicyclic) bond motifs is 1. The van der Waals surface area contributed by atoms with Crippen molar-refractivity contribution in [2.24, 2.45) is 0 Å². The van der Waals surface area contributed by atoms with Crippen LogP contribution in [0.1, 0.15) is 60.0 Å². The molecule has 0 atom stereocenters. The van der Waals surface area contributed by atoms with Crippen molar-refractivity contribution in [1.82, 2.24) is 14.9 Å². The van der Waals surface area contributed by atoms with Gasteiger partial charge in [0, 0.05) is 64.7 Å². The summed E-state index contributed by atoms with van der Waals surface area (Å²) in [6.07, 6.45) is 9.69. The molecule has 2 aromatic heterocycles. The van der Waals surface area contributed by atoms with Crippen molar-refractivity contribution >= 4 is 11.3 Å². The van der Waals surface area contributed by atoms with Crippen molar-refractivity contribution in [3.8, 4) is 16.2 Å². The van der Waals surface area contributed by atoms with Gasteiger partial charge in [-0.2, -0.15) is 0 Å². The number of methoxy groups -OCH3 is 1. The fourth-order valence-corrected chi connectivity index (χ4v) is 5.84. The Hall–Kier alpha value is -2.24. The average molecular weight is 420 g/mol. The van der Waals surface area contributed by atoms with Gasteiger partial charge in [0.2, 0.25) is 0 Å². The van der Waals surface area contributed by atoms with Crippen LogP contribution in [0.15, 0.2) is 42.6 Å². The number of rotatable bonds is 5. The van der Waals surface area contributed by atoms with E-state index in [1.54, 1.807) is 7.11 Å². The molecule has 1 saturated carbocycles. The van der Waals surface area contributed by atoms with Crippen LogP contribution in [0.3, 0.4) is 0 Å². The van der Waals surface area contributed by atoms with Crippen LogP contribution < -0.4 is 4.74 Å². The highest BCUT2D eigenvalue weighted by Crippen LogP contribution is 2.36. The number of ether oxygens (including phenoxy) is 1. The van der Waals surface area contributed by atoms with E-state index in [0.717, 1.165) is 37.6 Å². The topological polar surface area (TPSA) is 38.2 Å². The first kappa shape index (κ1) is 19.7. The van der Waals surface area contributed by atoms with E-state index in [4.69, 9.17) is 14.7 Å². The van der Waals surface area contributed by atoms with E-state index in [1.165, 1.54) is 58.7 Å². The Morgan fingerprint density at radius 2 is 1.97 bits per heavy atom. The lowest BCUT2D eigenvalue weighted by Crippen LogP contribution is -2.31. The molecule has 1 fully saturated rings. The lowest BCUT2D eigenvalue weighted by Gasteiger charge is -2.28. The number of para-hydroxylation sites is 1. The van der Waals surface area contributed by atoms with Crippen LogP contribution in [-0.2, 0) is 19.5 Å². The lowest BCUT2D eigenvalue weighted by atomic mass is 9.88.